The van der Waals surface area contributed by atoms with E-state index in [1.54, 1.807) is 36.3 Å². The van der Waals surface area contributed by atoms with Gasteiger partial charge >= 0.3 is 6.18 Å². The minimum Gasteiger partial charge on any atom is -0.321 e. The normalized spacial score (nSPS) is 14.3. The van der Waals surface area contributed by atoms with E-state index in [1.165, 1.54) is 0 Å². The number of benzene rings is 1. The quantitative estimate of drug-likeness (QED) is 0.383. The molecule has 14 heteroatoms. The first kappa shape index (κ1) is 25.2. The second-order valence-corrected chi connectivity index (χ2v) is 9.20. The van der Waals surface area contributed by atoms with E-state index in [2.05, 4.69) is 35.9 Å². The average Bonchev–Trinajstić information content (AvgIpc) is 3.58. The Morgan fingerprint density at radius 2 is 1.98 bits per heavy atom. The van der Waals surface area contributed by atoms with Crippen LogP contribution in [0.2, 0.25) is 0 Å². The van der Waals surface area contributed by atoms with Crippen LogP contribution in [0.15, 0.2) is 53.9 Å². The summed E-state index contributed by atoms with van der Waals surface area (Å²) < 4.78 is 40.9. The van der Waals surface area contributed by atoms with Gasteiger partial charge in [-0.05, 0) is 48.4 Å². The number of hydrogen-bond donors (Lipinski definition) is 2. The number of amides is 1. The van der Waals surface area contributed by atoms with Crippen LogP contribution in [0.3, 0.4) is 0 Å². The molecule has 1 aromatic carbocycles. The summed E-state index contributed by atoms with van der Waals surface area (Å²) >= 11 is 0. The molecule has 0 saturated heterocycles. The average molecular weight is 547 g/mol. The van der Waals surface area contributed by atoms with E-state index < -0.39 is 17.6 Å². The summed E-state index contributed by atoms with van der Waals surface area (Å²) in [5, 5.41) is 13.6. The lowest BCUT2D eigenvalue weighted by Crippen LogP contribution is -2.32. The van der Waals surface area contributed by atoms with Crippen molar-refractivity contribution in [2.75, 3.05) is 28.6 Å². The van der Waals surface area contributed by atoms with Crippen molar-refractivity contribution in [3.05, 3.63) is 76.9 Å². The predicted molar refractivity (Wildman–Crippen MR) is 142 cm³/mol. The van der Waals surface area contributed by atoms with Crippen LogP contribution in [0.25, 0.3) is 11.6 Å². The number of nitrogens with zero attached hydrogens (tertiary/aromatic N) is 8. The number of pyridine rings is 1. The third kappa shape index (κ3) is 4.74. The molecule has 40 heavy (non-hydrogen) atoms. The number of rotatable bonds is 5. The molecule has 6 rings (SSSR count). The summed E-state index contributed by atoms with van der Waals surface area (Å²) in [6.07, 6.45) is 1.73. The van der Waals surface area contributed by atoms with Gasteiger partial charge in [0.05, 0.1) is 18.3 Å². The van der Waals surface area contributed by atoms with Crippen LogP contribution >= 0.6 is 0 Å². The molecule has 5 heterocycles. The maximum Gasteiger partial charge on any atom is 0.416 e. The van der Waals surface area contributed by atoms with Gasteiger partial charge in [-0.15, -0.1) is 5.10 Å². The standard InChI is InChI=1S/C26H21F3N10O/c1-14-3-4-17(33-24(40)20-10-16(5-6-30-20)26(27,28)29)11-18(14)19-9-15-12-32-25(34-21-13-38(2)37-36-21)35-22(15)39-8-7-31-23(19)39/h3-6,9-13H,7-8H2,1-2H3,(H,33,40)(H,32,34,35). The molecule has 0 atom stereocenters. The molecule has 11 nitrogen and oxygen atoms in total. The fourth-order valence-electron chi connectivity index (χ4n) is 4.50. The number of fused-ring (bicyclic) bond motifs is 3. The molecule has 1 amide bonds. The van der Waals surface area contributed by atoms with Crippen LogP contribution in [0.5, 0.6) is 0 Å². The molecular formula is C26H21F3N10O. The monoisotopic (exact) mass is 546 g/mol. The van der Waals surface area contributed by atoms with Crippen molar-refractivity contribution in [2.24, 2.45) is 12.0 Å². The van der Waals surface area contributed by atoms with Gasteiger partial charge in [-0.25, -0.2) is 4.98 Å². The molecule has 0 fully saturated rings. The van der Waals surface area contributed by atoms with E-state index >= 15 is 0 Å². The Labute approximate surface area is 225 Å². The second kappa shape index (κ2) is 9.55. The van der Waals surface area contributed by atoms with Crippen LogP contribution in [-0.2, 0) is 13.2 Å². The molecule has 2 N–H and O–H groups in total. The number of carbonyl (C=O) groups is 1. The number of nitrogens with one attached hydrogen (secondary N) is 2. The van der Waals surface area contributed by atoms with E-state index in [0.717, 1.165) is 46.4 Å². The van der Waals surface area contributed by atoms with Crippen LogP contribution in [-0.4, -0.2) is 54.8 Å². The lowest BCUT2D eigenvalue weighted by atomic mass is 9.94. The van der Waals surface area contributed by atoms with E-state index in [1.807, 2.05) is 24.0 Å². The largest absolute Gasteiger partial charge is 0.416 e. The topological polar surface area (TPSA) is 126 Å². The molecule has 2 aliphatic rings. The maximum atomic E-state index is 13.1. The minimum atomic E-state index is -4.58. The lowest BCUT2D eigenvalue weighted by molar-refractivity contribution is -0.137. The summed E-state index contributed by atoms with van der Waals surface area (Å²) in [6.45, 7) is 3.12. The zero-order valence-corrected chi connectivity index (χ0v) is 21.2. The number of amidine groups is 1. The first-order chi connectivity index (χ1) is 19.2. The number of aromatic nitrogens is 6. The molecule has 0 radical (unpaired) electrons. The highest BCUT2D eigenvalue weighted by atomic mass is 19.4. The first-order valence-electron chi connectivity index (χ1n) is 12.2. The van der Waals surface area contributed by atoms with Crippen LogP contribution < -0.4 is 15.5 Å². The van der Waals surface area contributed by atoms with Crippen molar-refractivity contribution in [3.63, 3.8) is 0 Å². The van der Waals surface area contributed by atoms with E-state index in [4.69, 9.17) is 4.99 Å². The highest BCUT2D eigenvalue weighted by Gasteiger charge is 2.32. The van der Waals surface area contributed by atoms with Crippen molar-refractivity contribution < 1.29 is 18.0 Å². The number of aryl methyl sites for hydroxylation is 2. The highest BCUT2D eigenvalue weighted by molar-refractivity contribution is 6.36. The van der Waals surface area contributed by atoms with E-state index in [0.29, 0.717) is 36.4 Å². The van der Waals surface area contributed by atoms with Gasteiger partial charge in [-0.3, -0.25) is 19.5 Å². The van der Waals surface area contributed by atoms with Gasteiger partial charge in [0, 0.05) is 42.8 Å². The number of anilines is 4. The second-order valence-electron chi connectivity index (χ2n) is 9.20. The van der Waals surface area contributed by atoms with Gasteiger partial charge in [-0.2, -0.15) is 18.2 Å². The van der Waals surface area contributed by atoms with Gasteiger partial charge in [0.25, 0.3) is 5.91 Å². The number of halogens is 3. The van der Waals surface area contributed by atoms with Gasteiger partial charge in [0.2, 0.25) is 5.95 Å². The Morgan fingerprint density at radius 1 is 1.12 bits per heavy atom. The fourth-order valence-corrected chi connectivity index (χ4v) is 4.50. The van der Waals surface area contributed by atoms with Crippen LogP contribution in [0, 0.1) is 6.92 Å². The van der Waals surface area contributed by atoms with Gasteiger partial charge in [0.1, 0.15) is 17.3 Å². The molecule has 0 aliphatic carbocycles. The smallest absolute Gasteiger partial charge is 0.321 e. The molecule has 0 bridgehead atoms. The number of hydrogen-bond acceptors (Lipinski definition) is 9. The molecule has 0 saturated carbocycles. The van der Waals surface area contributed by atoms with Crippen molar-refractivity contribution >= 4 is 46.7 Å². The van der Waals surface area contributed by atoms with Crippen molar-refractivity contribution in [1.82, 2.24) is 29.9 Å². The minimum absolute atomic E-state index is 0.336. The summed E-state index contributed by atoms with van der Waals surface area (Å²) in [6, 6.07) is 6.82. The van der Waals surface area contributed by atoms with Crippen LogP contribution in [0.1, 0.15) is 32.7 Å². The van der Waals surface area contributed by atoms with Gasteiger partial charge < -0.3 is 15.5 Å². The Hall–Kier alpha value is -5.14. The lowest BCUT2D eigenvalue weighted by Gasteiger charge is -2.28. The molecule has 3 aromatic heterocycles. The highest BCUT2D eigenvalue weighted by Crippen LogP contribution is 2.37. The van der Waals surface area contributed by atoms with Gasteiger partial charge in [-0.1, -0.05) is 11.3 Å². The fraction of sp³-hybridized carbons (Fsp3) is 0.192. The van der Waals surface area contributed by atoms with E-state index in [9.17, 15) is 18.0 Å². The van der Waals surface area contributed by atoms with Crippen molar-refractivity contribution in [1.29, 1.82) is 0 Å². The van der Waals surface area contributed by atoms with Crippen molar-refractivity contribution in [2.45, 2.75) is 13.1 Å². The summed E-state index contributed by atoms with van der Waals surface area (Å²) in [4.78, 5) is 32.4. The molecule has 202 valence electrons. The Kier molecular flexibility index (Phi) is 6.01. The first-order valence-corrected chi connectivity index (χ1v) is 12.2. The Bertz CT molecular complexity index is 1710. The predicted octanol–water partition coefficient (Wildman–Crippen LogP) is 4.10. The maximum absolute atomic E-state index is 13.1. The molecule has 2 aliphatic heterocycles. The number of alkyl halides is 3. The molecule has 0 unspecified atom stereocenters. The molecule has 0 spiro atoms. The molecular weight excluding hydrogens is 525 g/mol. The SMILES string of the molecule is Cc1ccc(NC(=O)c2cc(C(F)(F)F)ccn2)cc1C1=Cc2cnc(Nc3cn(C)nn3)nc2N2CCN=C12. The van der Waals surface area contributed by atoms with Crippen molar-refractivity contribution in [3.8, 4) is 0 Å². The molecule has 4 aromatic rings. The zero-order chi connectivity index (χ0) is 28.0. The third-order valence-corrected chi connectivity index (χ3v) is 6.38. The number of carbonyl (C=O) groups excluding carboxylic acids is 1. The number of aliphatic imine (C=N–C) groups is 1. The summed E-state index contributed by atoms with van der Waals surface area (Å²) in [5.74, 6) is 1.55. The zero-order valence-electron chi connectivity index (χ0n) is 21.2. The van der Waals surface area contributed by atoms with E-state index in [-0.39, 0.29) is 5.69 Å². The Morgan fingerprint density at radius 3 is 2.75 bits per heavy atom. The summed E-state index contributed by atoms with van der Waals surface area (Å²) in [5.41, 5.74) is 2.43. The van der Waals surface area contributed by atoms with Gasteiger partial charge in [0.15, 0.2) is 5.82 Å². The summed E-state index contributed by atoms with van der Waals surface area (Å²) in [7, 11) is 1.76. The third-order valence-electron chi connectivity index (χ3n) is 6.38. The Balaban J connectivity index is 1.31. The van der Waals surface area contributed by atoms with Crippen LogP contribution in [0.4, 0.5) is 36.4 Å².